The SMILES string of the molecule is CN(CC(=O)Nc1cc(F)cc(F)c1)C(CN)C1CC1.Cl. The minimum atomic E-state index is -0.716. The maximum atomic E-state index is 13.0. The van der Waals surface area contributed by atoms with E-state index < -0.39 is 11.6 Å². The Morgan fingerprint density at radius 2 is 1.95 bits per heavy atom. The van der Waals surface area contributed by atoms with Gasteiger partial charge in [-0.15, -0.1) is 12.4 Å². The summed E-state index contributed by atoms with van der Waals surface area (Å²) in [7, 11) is 1.83. The number of amides is 1. The van der Waals surface area contributed by atoms with E-state index in [4.69, 9.17) is 5.73 Å². The van der Waals surface area contributed by atoms with Gasteiger partial charge in [-0.1, -0.05) is 0 Å². The Balaban J connectivity index is 0.00000220. The van der Waals surface area contributed by atoms with Crippen LogP contribution < -0.4 is 11.1 Å². The molecule has 7 heteroatoms. The number of nitrogens with one attached hydrogen (secondary N) is 1. The summed E-state index contributed by atoms with van der Waals surface area (Å²) in [5.74, 6) is -1.18. The number of nitrogens with zero attached hydrogens (tertiary/aromatic N) is 1. The summed E-state index contributed by atoms with van der Waals surface area (Å²) in [4.78, 5) is 13.8. The summed E-state index contributed by atoms with van der Waals surface area (Å²) in [5.41, 5.74) is 5.83. The van der Waals surface area contributed by atoms with Crippen molar-refractivity contribution in [2.75, 3.05) is 25.5 Å². The molecule has 4 nitrogen and oxygen atoms in total. The number of carbonyl (C=O) groups is 1. The van der Waals surface area contributed by atoms with Gasteiger partial charge in [-0.3, -0.25) is 9.69 Å². The van der Waals surface area contributed by atoms with E-state index in [1.54, 1.807) is 0 Å². The number of benzene rings is 1. The standard InChI is InChI=1S/C14H19F2N3O.ClH/c1-19(13(7-17)9-2-3-9)8-14(20)18-12-5-10(15)4-11(16)6-12;/h4-6,9,13H,2-3,7-8,17H2,1H3,(H,18,20);1H. The molecule has 1 atom stereocenters. The minimum absolute atomic E-state index is 0. The zero-order chi connectivity index (χ0) is 14.7. The van der Waals surface area contributed by atoms with Gasteiger partial charge in [0, 0.05) is 24.3 Å². The van der Waals surface area contributed by atoms with Crippen LogP contribution >= 0.6 is 12.4 Å². The third-order valence-electron chi connectivity index (χ3n) is 3.51. The summed E-state index contributed by atoms with van der Waals surface area (Å²) < 4.78 is 26.0. The monoisotopic (exact) mass is 319 g/mol. The maximum absolute atomic E-state index is 13.0. The molecular formula is C14H20ClF2N3O. The molecule has 1 unspecified atom stereocenters. The molecular weight excluding hydrogens is 300 g/mol. The lowest BCUT2D eigenvalue weighted by Gasteiger charge is -2.26. The molecule has 2 rings (SSSR count). The largest absolute Gasteiger partial charge is 0.329 e. The Hall–Kier alpha value is -1.24. The van der Waals surface area contributed by atoms with Gasteiger partial charge in [-0.2, -0.15) is 0 Å². The first kappa shape index (κ1) is 17.8. The molecule has 0 bridgehead atoms. The van der Waals surface area contributed by atoms with Crippen molar-refractivity contribution in [3.8, 4) is 0 Å². The van der Waals surface area contributed by atoms with Crippen LogP contribution in [0.15, 0.2) is 18.2 Å². The van der Waals surface area contributed by atoms with E-state index in [0.717, 1.165) is 31.0 Å². The third kappa shape index (κ3) is 5.22. The van der Waals surface area contributed by atoms with E-state index in [2.05, 4.69) is 5.32 Å². The maximum Gasteiger partial charge on any atom is 0.238 e. The molecule has 1 aromatic rings. The van der Waals surface area contributed by atoms with Gasteiger partial charge < -0.3 is 11.1 Å². The topological polar surface area (TPSA) is 58.4 Å². The first-order valence-electron chi connectivity index (χ1n) is 6.66. The second-order valence-corrected chi connectivity index (χ2v) is 5.26. The summed E-state index contributed by atoms with van der Waals surface area (Å²) in [6, 6.07) is 3.12. The molecule has 1 fully saturated rings. The molecule has 0 heterocycles. The summed E-state index contributed by atoms with van der Waals surface area (Å²) >= 11 is 0. The first-order valence-corrected chi connectivity index (χ1v) is 6.66. The van der Waals surface area contributed by atoms with Gasteiger partial charge in [-0.25, -0.2) is 8.78 Å². The van der Waals surface area contributed by atoms with Crippen molar-refractivity contribution in [1.29, 1.82) is 0 Å². The van der Waals surface area contributed by atoms with Crippen molar-refractivity contribution in [2.45, 2.75) is 18.9 Å². The normalized spacial score (nSPS) is 15.5. The summed E-state index contributed by atoms with van der Waals surface area (Å²) in [6.45, 7) is 0.652. The van der Waals surface area contributed by atoms with Crippen molar-refractivity contribution in [3.63, 3.8) is 0 Å². The lowest BCUT2D eigenvalue weighted by molar-refractivity contribution is -0.117. The van der Waals surface area contributed by atoms with E-state index in [0.29, 0.717) is 12.5 Å². The van der Waals surface area contributed by atoms with E-state index in [-0.39, 0.29) is 36.6 Å². The highest BCUT2D eigenvalue weighted by atomic mass is 35.5. The van der Waals surface area contributed by atoms with Crippen LogP contribution in [-0.4, -0.2) is 37.0 Å². The van der Waals surface area contributed by atoms with Crippen LogP contribution in [0.3, 0.4) is 0 Å². The van der Waals surface area contributed by atoms with Gasteiger partial charge in [0.2, 0.25) is 5.91 Å². The molecule has 0 aromatic heterocycles. The molecule has 1 aromatic carbocycles. The Morgan fingerprint density at radius 1 is 1.38 bits per heavy atom. The number of halogens is 3. The molecule has 118 valence electrons. The zero-order valence-electron chi connectivity index (χ0n) is 11.8. The zero-order valence-corrected chi connectivity index (χ0v) is 12.6. The van der Waals surface area contributed by atoms with E-state index in [1.807, 2.05) is 11.9 Å². The quantitative estimate of drug-likeness (QED) is 0.843. The van der Waals surface area contributed by atoms with Crippen molar-refractivity contribution in [2.24, 2.45) is 11.7 Å². The van der Waals surface area contributed by atoms with Gasteiger partial charge in [0.25, 0.3) is 0 Å². The average molecular weight is 320 g/mol. The summed E-state index contributed by atoms with van der Waals surface area (Å²) in [5, 5.41) is 2.49. The van der Waals surface area contributed by atoms with E-state index in [9.17, 15) is 13.6 Å². The van der Waals surface area contributed by atoms with Gasteiger partial charge in [-0.05, 0) is 37.9 Å². The fraction of sp³-hybridized carbons (Fsp3) is 0.500. The van der Waals surface area contributed by atoms with Crippen LogP contribution in [0.25, 0.3) is 0 Å². The minimum Gasteiger partial charge on any atom is -0.329 e. The highest BCUT2D eigenvalue weighted by molar-refractivity contribution is 5.92. The van der Waals surface area contributed by atoms with Crippen molar-refractivity contribution < 1.29 is 13.6 Å². The molecule has 1 saturated carbocycles. The lowest BCUT2D eigenvalue weighted by atomic mass is 10.1. The van der Waals surface area contributed by atoms with E-state index >= 15 is 0 Å². The number of anilines is 1. The number of nitrogens with two attached hydrogens (primary N) is 1. The number of carbonyl (C=O) groups excluding carboxylic acids is 1. The predicted molar refractivity (Wildman–Crippen MR) is 80.4 cm³/mol. The van der Waals surface area contributed by atoms with Gasteiger partial charge in [0.05, 0.1) is 6.54 Å². The van der Waals surface area contributed by atoms with Crippen LogP contribution in [0.1, 0.15) is 12.8 Å². The highest BCUT2D eigenvalue weighted by Crippen LogP contribution is 2.34. The molecule has 0 aliphatic heterocycles. The van der Waals surface area contributed by atoms with E-state index in [1.165, 1.54) is 0 Å². The third-order valence-corrected chi connectivity index (χ3v) is 3.51. The van der Waals surface area contributed by atoms with Crippen molar-refractivity contribution >= 4 is 24.0 Å². The van der Waals surface area contributed by atoms with Crippen LogP contribution in [-0.2, 0) is 4.79 Å². The molecule has 1 aliphatic rings. The Bertz CT molecular complexity index is 477. The number of hydrogen-bond donors (Lipinski definition) is 2. The van der Waals surface area contributed by atoms with Crippen molar-refractivity contribution in [3.05, 3.63) is 29.8 Å². The average Bonchev–Trinajstić information content (AvgIpc) is 3.12. The van der Waals surface area contributed by atoms with Crippen LogP contribution in [0.5, 0.6) is 0 Å². The highest BCUT2D eigenvalue weighted by Gasteiger charge is 2.33. The molecule has 1 amide bonds. The predicted octanol–water partition coefficient (Wildman–Crippen LogP) is 1.99. The van der Waals surface area contributed by atoms with Gasteiger partial charge in [0.1, 0.15) is 11.6 Å². The van der Waals surface area contributed by atoms with Crippen LogP contribution in [0.4, 0.5) is 14.5 Å². The van der Waals surface area contributed by atoms with Crippen LogP contribution in [0, 0.1) is 17.6 Å². The smallest absolute Gasteiger partial charge is 0.238 e. The Kier molecular flexibility index (Phi) is 6.51. The number of rotatable bonds is 6. The molecule has 0 spiro atoms. The fourth-order valence-electron chi connectivity index (χ4n) is 2.38. The fourth-order valence-corrected chi connectivity index (χ4v) is 2.38. The molecule has 3 N–H and O–H groups in total. The second-order valence-electron chi connectivity index (χ2n) is 5.26. The number of hydrogen-bond acceptors (Lipinski definition) is 3. The second kappa shape index (κ2) is 7.68. The number of likely N-dealkylation sites (N-methyl/N-ethyl adjacent to an activating group) is 1. The Morgan fingerprint density at radius 3 is 2.43 bits per heavy atom. The summed E-state index contributed by atoms with van der Waals surface area (Å²) in [6.07, 6.45) is 2.28. The molecule has 1 aliphatic carbocycles. The van der Waals surface area contributed by atoms with Crippen LogP contribution in [0.2, 0.25) is 0 Å². The lowest BCUT2D eigenvalue weighted by Crippen LogP contribution is -2.43. The van der Waals surface area contributed by atoms with Gasteiger partial charge >= 0.3 is 0 Å². The van der Waals surface area contributed by atoms with Gasteiger partial charge in [0.15, 0.2) is 0 Å². The first-order chi connectivity index (χ1) is 9.49. The van der Waals surface area contributed by atoms with Crippen molar-refractivity contribution in [1.82, 2.24) is 4.90 Å². The molecule has 0 saturated heterocycles. The molecule has 0 radical (unpaired) electrons. The molecule has 21 heavy (non-hydrogen) atoms. The Labute approximate surface area is 129 Å².